The van der Waals surface area contributed by atoms with Crippen molar-refractivity contribution >= 4 is 0 Å². The molecule has 6 nitrogen and oxygen atoms in total. The van der Waals surface area contributed by atoms with Gasteiger partial charge in [0.15, 0.2) is 11.4 Å². The van der Waals surface area contributed by atoms with Crippen molar-refractivity contribution < 1.29 is 31.6 Å². The molecule has 6 heteroatoms. The van der Waals surface area contributed by atoms with Gasteiger partial charge >= 0.3 is 0 Å². The summed E-state index contributed by atoms with van der Waals surface area (Å²) >= 11 is 0. The van der Waals surface area contributed by atoms with E-state index in [-0.39, 0.29) is 6.90 Å². The second kappa shape index (κ2) is 3.73. The maximum Gasteiger partial charge on any atom is 0.257 e. The normalized spacial score (nSPS) is 48.9. The van der Waals surface area contributed by atoms with E-state index in [0.717, 1.165) is 13.0 Å². The summed E-state index contributed by atoms with van der Waals surface area (Å²) in [5.74, 6) is -3.29. The van der Waals surface area contributed by atoms with Crippen molar-refractivity contribution in [1.29, 1.82) is 0 Å². The van der Waals surface area contributed by atoms with E-state index in [4.69, 9.17) is 6.11 Å². The predicted octanol–water partition coefficient (Wildman–Crippen LogP) is -1.36. The zero-order valence-corrected chi connectivity index (χ0v) is 8.29. The molecule has 1 unspecified atom stereocenters. The number of aliphatic hydroxyl groups excluding tert-OH is 3. The fourth-order valence-corrected chi connectivity index (χ4v) is 1.49. The van der Waals surface area contributed by atoms with Crippen molar-refractivity contribution in [3.63, 3.8) is 0 Å². The summed E-state index contributed by atoms with van der Waals surface area (Å²) in [5.41, 5.74) is -2.28. The Kier molecular flexibility index (Phi) is 2.70. The van der Waals surface area contributed by atoms with Crippen molar-refractivity contribution in [2.45, 2.75) is 37.4 Å². The van der Waals surface area contributed by atoms with Crippen LogP contribution in [0.25, 0.3) is 0 Å². The van der Waals surface area contributed by atoms with Gasteiger partial charge in [0.25, 0.3) is 5.79 Å². The minimum atomic E-state index is -2.52. The van der Waals surface area contributed by atoms with Crippen molar-refractivity contribution in [3.05, 3.63) is 11.8 Å². The number of allylic oxidation sites excluding steroid dienone is 1. The Balaban J connectivity index is 3.09. The van der Waals surface area contributed by atoms with Crippen LogP contribution >= 0.6 is 0 Å². The van der Waals surface area contributed by atoms with Crippen LogP contribution in [0.1, 0.15) is 15.2 Å². The Morgan fingerprint density at radius 2 is 2.13 bits per heavy atom. The van der Waals surface area contributed by atoms with Crippen molar-refractivity contribution in [1.82, 2.24) is 0 Å². The van der Waals surface area contributed by atoms with E-state index in [9.17, 15) is 25.5 Å². The lowest BCUT2D eigenvalue weighted by molar-refractivity contribution is -0.351. The van der Waals surface area contributed by atoms with Gasteiger partial charge in [0.1, 0.15) is 12.2 Å². The van der Waals surface area contributed by atoms with Crippen LogP contribution in [0.4, 0.5) is 0 Å². The van der Waals surface area contributed by atoms with E-state index in [1.54, 1.807) is 0 Å². The van der Waals surface area contributed by atoms with Crippen molar-refractivity contribution in [2.75, 3.05) is 6.61 Å². The Labute approximate surface area is 88.5 Å². The maximum atomic E-state index is 9.94. The SMILES string of the molecule is [2H]CC=C(O)C1(O)OC[C@@H](O)[C@@H](O)[C@]1(C)O. The lowest BCUT2D eigenvalue weighted by Gasteiger charge is -2.47. The zero-order chi connectivity index (χ0) is 12.6. The van der Waals surface area contributed by atoms with Crippen LogP contribution in [0.3, 0.4) is 0 Å². The average Bonchev–Trinajstić information content (AvgIpc) is 2.22. The molecule has 1 fully saturated rings. The summed E-state index contributed by atoms with van der Waals surface area (Å²) in [6, 6.07) is 0. The smallest absolute Gasteiger partial charge is 0.257 e. The van der Waals surface area contributed by atoms with E-state index in [2.05, 4.69) is 0 Å². The van der Waals surface area contributed by atoms with E-state index >= 15 is 0 Å². The number of hydrogen-bond donors (Lipinski definition) is 5. The summed E-state index contributed by atoms with van der Waals surface area (Å²) in [6.07, 6.45) is -2.11. The molecule has 0 amide bonds. The summed E-state index contributed by atoms with van der Waals surface area (Å²) in [4.78, 5) is 0. The third kappa shape index (κ3) is 1.64. The highest BCUT2D eigenvalue weighted by Crippen LogP contribution is 2.37. The molecule has 1 heterocycles. The van der Waals surface area contributed by atoms with Gasteiger partial charge < -0.3 is 30.3 Å². The summed E-state index contributed by atoms with van der Waals surface area (Å²) in [6.45, 7) is 0.254. The largest absolute Gasteiger partial charge is 0.507 e. The van der Waals surface area contributed by atoms with Crippen LogP contribution in [-0.4, -0.2) is 55.7 Å². The highest BCUT2D eigenvalue weighted by Gasteiger charge is 2.60. The molecule has 15 heavy (non-hydrogen) atoms. The Hall–Kier alpha value is -0.660. The van der Waals surface area contributed by atoms with E-state index in [1.165, 1.54) is 0 Å². The molecule has 0 radical (unpaired) electrons. The molecule has 0 aliphatic carbocycles. The van der Waals surface area contributed by atoms with Crippen molar-refractivity contribution in [2.24, 2.45) is 0 Å². The summed E-state index contributed by atoms with van der Waals surface area (Å²) in [7, 11) is 0. The molecule has 5 N–H and O–H groups in total. The molecule has 1 rings (SSSR count). The molecular formula is C9H16O6. The molecule has 1 saturated heterocycles. The maximum absolute atomic E-state index is 9.94. The van der Waals surface area contributed by atoms with E-state index < -0.39 is 36.0 Å². The summed E-state index contributed by atoms with van der Waals surface area (Å²) in [5, 5.41) is 48.1. The first-order valence-corrected chi connectivity index (χ1v) is 4.41. The lowest BCUT2D eigenvalue weighted by Crippen LogP contribution is -2.69. The molecular weight excluding hydrogens is 204 g/mol. The second-order valence-electron chi connectivity index (χ2n) is 3.70. The van der Waals surface area contributed by atoms with Gasteiger partial charge in [-0.15, -0.1) is 0 Å². The van der Waals surface area contributed by atoms with Crippen LogP contribution in [0.15, 0.2) is 11.8 Å². The molecule has 0 saturated carbocycles. The van der Waals surface area contributed by atoms with Gasteiger partial charge in [-0.1, -0.05) is 0 Å². The molecule has 0 bridgehead atoms. The number of hydrogen-bond acceptors (Lipinski definition) is 6. The van der Waals surface area contributed by atoms with Gasteiger partial charge in [-0.2, -0.15) is 0 Å². The lowest BCUT2D eigenvalue weighted by atomic mass is 9.82. The van der Waals surface area contributed by atoms with E-state index in [0.29, 0.717) is 0 Å². The van der Waals surface area contributed by atoms with Crippen molar-refractivity contribution in [3.8, 4) is 0 Å². The first kappa shape index (κ1) is 10.8. The van der Waals surface area contributed by atoms with Crippen LogP contribution in [0.5, 0.6) is 0 Å². The minimum absolute atomic E-state index is 0.327. The summed E-state index contributed by atoms with van der Waals surface area (Å²) < 4.78 is 11.6. The van der Waals surface area contributed by atoms with Gasteiger partial charge in [-0.3, -0.25) is 0 Å². The van der Waals surface area contributed by atoms with Gasteiger partial charge in [0.2, 0.25) is 0 Å². The molecule has 1 aliphatic heterocycles. The van der Waals surface area contributed by atoms with Gasteiger partial charge in [0, 0.05) is 1.37 Å². The first-order chi connectivity index (χ1) is 7.27. The van der Waals surface area contributed by atoms with Crippen LogP contribution in [0, 0.1) is 0 Å². The topological polar surface area (TPSA) is 110 Å². The van der Waals surface area contributed by atoms with Gasteiger partial charge in [-0.05, 0) is 19.9 Å². The monoisotopic (exact) mass is 221 g/mol. The zero-order valence-electron chi connectivity index (χ0n) is 9.29. The van der Waals surface area contributed by atoms with Crippen LogP contribution in [-0.2, 0) is 4.74 Å². The molecule has 0 aromatic rings. The Bertz CT molecular complexity index is 292. The number of ether oxygens (including phenoxy) is 1. The molecule has 0 aromatic heterocycles. The number of rotatable bonds is 1. The third-order valence-corrected chi connectivity index (χ3v) is 2.63. The van der Waals surface area contributed by atoms with E-state index in [1.807, 2.05) is 0 Å². The van der Waals surface area contributed by atoms with Crippen LogP contribution in [0.2, 0.25) is 0 Å². The highest BCUT2D eigenvalue weighted by atomic mass is 16.7. The Morgan fingerprint density at radius 1 is 1.53 bits per heavy atom. The second-order valence-corrected chi connectivity index (χ2v) is 3.70. The molecule has 88 valence electrons. The molecule has 4 atom stereocenters. The Morgan fingerprint density at radius 3 is 2.67 bits per heavy atom. The molecule has 1 aliphatic rings. The highest BCUT2D eigenvalue weighted by molar-refractivity contribution is 5.16. The first-order valence-electron chi connectivity index (χ1n) is 5.11. The molecule has 0 spiro atoms. The van der Waals surface area contributed by atoms with Gasteiger partial charge in [-0.25, -0.2) is 0 Å². The van der Waals surface area contributed by atoms with Crippen LogP contribution < -0.4 is 0 Å². The average molecular weight is 221 g/mol. The van der Waals surface area contributed by atoms with Gasteiger partial charge in [0.05, 0.1) is 6.61 Å². The fraction of sp³-hybridized carbons (Fsp3) is 0.778. The number of aliphatic hydroxyl groups is 5. The molecule has 0 aromatic carbocycles. The quantitative estimate of drug-likeness (QED) is 0.350. The predicted molar refractivity (Wildman–Crippen MR) is 49.9 cm³/mol. The third-order valence-electron chi connectivity index (χ3n) is 2.63. The fourth-order valence-electron chi connectivity index (χ4n) is 1.49. The standard InChI is InChI=1S/C9H16O6/c1-3-6(11)9(14)8(2,13)7(12)5(10)4-15-9/h3,5,7,10-14H,4H2,1-2H3/t5-,7-,8+,9?/m1/s1/i1D. The minimum Gasteiger partial charge on any atom is -0.507 e.